The predicted molar refractivity (Wildman–Crippen MR) is 120 cm³/mol. The molecule has 0 saturated carbocycles. The molecule has 2 saturated heterocycles. The van der Waals surface area contributed by atoms with Gasteiger partial charge in [-0.25, -0.2) is 8.42 Å². The Hall–Kier alpha value is -1.74. The monoisotopic (exact) mass is 491 g/mol. The van der Waals surface area contributed by atoms with Crippen molar-refractivity contribution in [2.75, 3.05) is 39.3 Å². The number of hydrogen-bond donors (Lipinski definition) is 0. The highest BCUT2D eigenvalue weighted by atomic mass is 79.9. The first-order valence-corrected chi connectivity index (χ1v) is 12.5. The van der Waals surface area contributed by atoms with Gasteiger partial charge in [0.15, 0.2) is 0 Å². The Kier molecular flexibility index (Phi) is 6.57. The van der Waals surface area contributed by atoms with Crippen LogP contribution in [0.1, 0.15) is 28.8 Å². The molecule has 0 spiro atoms. The number of nitrogens with zero attached hydrogens (tertiary/aromatic N) is 3. The average molecular weight is 492 g/mol. The van der Waals surface area contributed by atoms with Crippen LogP contribution in [0.15, 0.2) is 57.9 Å². The molecule has 0 aromatic heterocycles. The van der Waals surface area contributed by atoms with Gasteiger partial charge < -0.3 is 4.90 Å². The van der Waals surface area contributed by atoms with E-state index in [4.69, 9.17) is 0 Å². The zero-order valence-electron chi connectivity index (χ0n) is 16.8. The largest absolute Gasteiger partial charge is 0.336 e. The lowest BCUT2D eigenvalue weighted by Crippen LogP contribution is -2.48. The van der Waals surface area contributed by atoms with Crippen molar-refractivity contribution >= 4 is 31.9 Å². The number of halogens is 1. The second-order valence-corrected chi connectivity index (χ2v) is 10.6. The SMILES string of the molecule is O=C(c1cc(S(=O)(=O)N2CCCC2)ccc1Br)N1CCN(Cc2ccccc2)CC1. The fourth-order valence-electron chi connectivity index (χ4n) is 4.03. The van der Waals surface area contributed by atoms with E-state index in [2.05, 4.69) is 33.0 Å². The maximum Gasteiger partial charge on any atom is 0.255 e. The van der Waals surface area contributed by atoms with E-state index in [1.54, 1.807) is 12.1 Å². The molecule has 0 atom stereocenters. The Morgan fingerprint density at radius 3 is 2.23 bits per heavy atom. The minimum absolute atomic E-state index is 0.125. The number of hydrogen-bond acceptors (Lipinski definition) is 4. The lowest BCUT2D eigenvalue weighted by molar-refractivity contribution is 0.0627. The molecule has 2 heterocycles. The zero-order chi connectivity index (χ0) is 21.1. The summed E-state index contributed by atoms with van der Waals surface area (Å²) >= 11 is 3.44. The minimum Gasteiger partial charge on any atom is -0.336 e. The molecule has 2 aliphatic rings. The molecule has 2 fully saturated rings. The first-order valence-electron chi connectivity index (χ1n) is 10.3. The second-order valence-electron chi connectivity index (χ2n) is 7.81. The molecule has 4 rings (SSSR count). The Morgan fingerprint density at radius 1 is 0.900 bits per heavy atom. The fourth-order valence-corrected chi connectivity index (χ4v) is 5.99. The number of carbonyl (C=O) groups excluding carboxylic acids is 1. The number of carbonyl (C=O) groups is 1. The van der Waals surface area contributed by atoms with E-state index in [0.717, 1.165) is 32.5 Å². The summed E-state index contributed by atoms with van der Waals surface area (Å²) in [5.74, 6) is -0.125. The van der Waals surface area contributed by atoms with Gasteiger partial charge >= 0.3 is 0 Å². The van der Waals surface area contributed by atoms with Crippen molar-refractivity contribution in [3.05, 3.63) is 64.1 Å². The van der Waals surface area contributed by atoms with Crippen molar-refractivity contribution in [2.24, 2.45) is 0 Å². The van der Waals surface area contributed by atoms with E-state index in [-0.39, 0.29) is 10.8 Å². The van der Waals surface area contributed by atoms with E-state index in [1.165, 1.54) is 15.9 Å². The van der Waals surface area contributed by atoms with Gasteiger partial charge in [0, 0.05) is 50.3 Å². The van der Waals surface area contributed by atoms with Crippen molar-refractivity contribution in [1.82, 2.24) is 14.1 Å². The van der Waals surface area contributed by atoms with E-state index in [1.807, 2.05) is 23.1 Å². The Labute approximate surface area is 186 Å². The highest BCUT2D eigenvalue weighted by Gasteiger charge is 2.29. The first-order chi connectivity index (χ1) is 14.4. The summed E-state index contributed by atoms with van der Waals surface area (Å²) in [5, 5.41) is 0. The number of sulfonamides is 1. The summed E-state index contributed by atoms with van der Waals surface area (Å²) in [6.45, 7) is 4.81. The van der Waals surface area contributed by atoms with Crippen molar-refractivity contribution in [3.8, 4) is 0 Å². The van der Waals surface area contributed by atoms with Crippen LogP contribution < -0.4 is 0 Å². The van der Waals surface area contributed by atoms with Crippen molar-refractivity contribution < 1.29 is 13.2 Å². The van der Waals surface area contributed by atoms with Gasteiger partial charge in [-0.2, -0.15) is 4.31 Å². The van der Waals surface area contributed by atoms with Gasteiger partial charge in [-0.3, -0.25) is 9.69 Å². The molecule has 0 bridgehead atoms. The number of amides is 1. The van der Waals surface area contributed by atoms with E-state index in [9.17, 15) is 13.2 Å². The highest BCUT2D eigenvalue weighted by molar-refractivity contribution is 9.10. The van der Waals surface area contributed by atoms with Crippen molar-refractivity contribution in [2.45, 2.75) is 24.3 Å². The third-order valence-corrected chi connectivity index (χ3v) is 8.37. The van der Waals surface area contributed by atoms with Gasteiger partial charge in [-0.1, -0.05) is 30.3 Å². The number of piperazine rings is 1. The van der Waals surface area contributed by atoms with Crippen LogP contribution in [0.2, 0.25) is 0 Å². The lowest BCUT2D eigenvalue weighted by Gasteiger charge is -2.35. The van der Waals surface area contributed by atoms with Crippen LogP contribution >= 0.6 is 15.9 Å². The molecule has 0 unspecified atom stereocenters. The maximum atomic E-state index is 13.2. The van der Waals surface area contributed by atoms with Gasteiger partial charge in [0.1, 0.15) is 0 Å². The fraction of sp³-hybridized carbons (Fsp3) is 0.409. The molecule has 0 aliphatic carbocycles. The van der Waals surface area contributed by atoms with Crippen LogP contribution in [0.4, 0.5) is 0 Å². The quantitative estimate of drug-likeness (QED) is 0.644. The molecule has 30 heavy (non-hydrogen) atoms. The molecule has 8 heteroatoms. The maximum absolute atomic E-state index is 13.2. The summed E-state index contributed by atoms with van der Waals surface area (Å²) in [7, 11) is -3.55. The molecule has 2 aromatic rings. The smallest absolute Gasteiger partial charge is 0.255 e. The van der Waals surface area contributed by atoms with Gasteiger partial charge in [0.2, 0.25) is 10.0 Å². The zero-order valence-corrected chi connectivity index (χ0v) is 19.2. The number of rotatable bonds is 5. The van der Waals surface area contributed by atoms with Crippen LogP contribution in [0.25, 0.3) is 0 Å². The van der Waals surface area contributed by atoms with Crippen LogP contribution in [0.3, 0.4) is 0 Å². The molecule has 0 N–H and O–H groups in total. The van der Waals surface area contributed by atoms with Crippen LogP contribution in [-0.2, 0) is 16.6 Å². The molecule has 160 valence electrons. The minimum atomic E-state index is -3.55. The van der Waals surface area contributed by atoms with Gasteiger partial charge in [-0.05, 0) is 52.5 Å². The summed E-state index contributed by atoms with van der Waals surface area (Å²) in [6.07, 6.45) is 1.77. The van der Waals surface area contributed by atoms with Crippen LogP contribution in [0.5, 0.6) is 0 Å². The summed E-state index contributed by atoms with van der Waals surface area (Å²) in [6, 6.07) is 15.1. The first kappa shape index (κ1) is 21.5. The standard InChI is InChI=1S/C22H26BrN3O3S/c23-21-9-8-19(30(28,29)26-10-4-5-11-26)16-20(21)22(27)25-14-12-24(13-15-25)17-18-6-2-1-3-7-18/h1-3,6-9,16H,4-5,10-15,17H2. The van der Waals surface area contributed by atoms with Gasteiger partial charge in [0.05, 0.1) is 10.5 Å². The summed E-state index contributed by atoms with van der Waals surface area (Å²) in [4.78, 5) is 17.5. The lowest BCUT2D eigenvalue weighted by atomic mass is 10.1. The van der Waals surface area contributed by atoms with Crippen LogP contribution in [-0.4, -0.2) is 67.7 Å². The van der Waals surface area contributed by atoms with Crippen molar-refractivity contribution in [1.29, 1.82) is 0 Å². The Balaban J connectivity index is 1.45. The highest BCUT2D eigenvalue weighted by Crippen LogP contribution is 2.27. The van der Waals surface area contributed by atoms with Gasteiger partial charge in [-0.15, -0.1) is 0 Å². The molecular weight excluding hydrogens is 466 g/mol. The number of benzene rings is 2. The second kappa shape index (κ2) is 9.18. The molecule has 2 aliphatic heterocycles. The summed E-state index contributed by atoms with van der Waals surface area (Å²) < 4.78 is 27.9. The van der Waals surface area contributed by atoms with E-state index >= 15 is 0 Å². The van der Waals surface area contributed by atoms with Crippen LogP contribution in [0, 0.1) is 0 Å². The molecule has 1 amide bonds. The average Bonchev–Trinajstić information content (AvgIpc) is 3.31. The third-order valence-electron chi connectivity index (χ3n) is 5.78. The molecule has 6 nitrogen and oxygen atoms in total. The Morgan fingerprint density at radius 2 is 1.57 bits per heavy atom. The topological polar surface area (TPSA) is 60.9 Å². The van der Waals surface area contributed by atoms with E-state index < -0.39 is 10.0 Å². The predicted octanol–water partition coefficient (Wildman–Crippen LogP) is 3.19. The normalized spacial score (nSPS) is 18.6. The molecular formula is C22H26BrN3O3S. The third kappa shape index (κ3) is 4.61. The van der Waals surface area contributed by atoms with Crippen molar-refractivity contribution in [3.63, 3.8) is 0 Å². The molecule has 2 aromatic carbocycles. The van der Waals surface area contributed by atoms with E-state index in [0.29, 0.717) is 36.2 Å². The van der Waals surface area contributed by atoms with Gasteiger partial charge in [0.25, 0.3) is 5.91 Å². The Bertz CT molecular complexity index is 1000. The molecule has 0 radical (unpaired) electrons. The summed E-state index contributed by atoms with van der Waals surface area (Å²) in [5.41, 5.74) is 1.67.